The fourth-order valence-electron chi connectivity index (χ4n) is 2.17. The molecule has 0 aromatic carbocycles. The maximum Gasteiger partial charge on any atom is 0.142 e. The quantitative estimate of drug-likeness (QED) is 0.532. The van der Waals surface area contributed by atoms with E-state index in [-0.39, 0.29) is 0 Å². The smallest absolute Gasteiger partial charge is 0.142 e. The molecule has 0 bridgehead atoms. The van der Waals surface area contributed by atoms with Gasteiger partial charge < -0.3 is 10.5 Å². The highest BCUT2D eigenvalue weighted by molar-refractivity contribution is 5.67. The molecule has 4 heteroatoms. The van der Waals surface area contributed by atoms with Gasteiger partial charge in [-0.15, -0.1) is 0 Å². The molecular formula is C9H16N2O2. The topological polar surface area (TPSA) is 72.5 Å². The predicted octanol–water partition coefficient (Wildman–Crippen LogP) is 1.37. The van der Waals surface area contributed by atoms with Gasteiger partial charge >= 0.3 is 0 Å². The second kappa shape index (κ2) is 3.54. The van der Waals surface area contributed by atoms with Crippen LogP contribution in [-0.4, -0.2) is 17.4 Å². The summed E-state index contributed by atoms with van der Waals surface area (Å²) in [7, 11) is 0. The molecule has 74 valence electrons. The van der Waals surface area contributed by atoms with Gasteiger partial charge in [0.05, 0.1) is 0 Å². The SMILES string of the molecule is CCC1(N=O)CCCC[C@]1(N)C=O. The average molecular weight is 184 g/mol. The molecule has 1 rings (SSSR count). The van der Waals surface area contributed by atoms with Crippen LogP contribution in [0.4, 0.5) is 0 Å². The van der Waals surface area contributed by atoms with Crippen LogP contribution in [0.2, 0.25) is 0 Å². The molecule has 1 unspecified atom stereocenters. The van der Waals surface area contributed by atoms with E-state index in [0.29, 0.717) is 25.5 Å². The summed E-state index contributed by atoms with van der Waals surface area (Å²) >= 11 is 0. The van der Waals surface area contributed by atoms with Crippen molar-refractivity contribution in [3.05, 3.63) is 4.91 Å². The van der Waals surface area contributed by atoms with Gasteiger partial charge in [-0.3, -0.25) is 0 Å². The molecule has 0 aromatic rings. The third-order valence-corrected chi connectivity index (χ3v) is 3.27. The first-order valence-electron chi connectivity index (χ1n) is 4.74. The molecule has 0 saturated heterocycles. The zero-order chi connectivity index (χ0) is 9.95. The molecule has 1 saturated carbocycles. The first kappa shape index (κ1) is 10.3. The van der Waals surface area contributed by atoms with Crippen LogP contribution < -0.4 is 5.73 Å². The van der Waals surface area contributed by atoms with Gasteiger partial charge in [-0.1, -0.05) is 24.9 Å². The number of aldehydes is 1. The third-order valence-electron chi connectivity index (χ3n) is 3.27. The fourth-order valence-corrected chi connectivity index (χ4v) is 2.17. The van der Waals surface area contributed by atoms with E-state index in [1.54, 1.807) is 0 Å². The van der Waals surface area contributed by atoms with Crippen molar-refractivity contribution in [1.29, 1.82) is 0 Å². The molecule has 0 radical (unpaired) electrons. The molecule has 0 amide bonds. The summed E-state index contributed by atoms with van der Waals surface area (Å²) in [5.74, 6) is 0. The van der Waals surface area contributed by atoms with Gasteiger partial charge in [0.25, 0.3) is 0 Å². The van der Waals surface area contributed by atoms with Crippen molar-refractivity contribution in [2.24, 2.45) is 10.9 Å². The first-order chi connectivity index (χ1) is 6.14. The minimum atomic E-state index is -1.03. The molecule has 2 atom stereocenters. The molecule has 1 fully saturated rings. The number of hydrogen-bond donors (Lipinski definition) is 1. The Morgan fingerprint density at radius 2 is 2.08 bits per heavy atom. The van der Waals surface area contributed by atoms with Crippen LogP contribution in [0, 0.1) is 4.91 Å². The van der Waals surface area contributed by atoms with E-state index in [4.69, 9.17) is 5.73 Å². The molecule has 0 spiro atoms. The number of nitrogens with two attached hydrogens (primary N) is 1. The van der Waals surface area contributed by atoms with Crippen LogP contribution in [0.5, 0.6) is 0 Å². The molecule has 4 nitrogen and oxygen atoms in total. The second-order valence-electron chi connectivity index (χ2n) is 3.84. The highest BCUT2D eigenvalue weighted by Gasteiger charge is 2.51. The summed E-state index contributed by atoms with van der Waals surface area (Å²) in [5, 5.41) is 3.12. The number of nitrogens with zero attached hydrogens (tertiary/aromatic N) is 1. The van der Waals surface area contributed by atoms with Crippen LogP contribution in [0.1, 0.15) is 39.0 Å². The Bertz CT molecular complexity index is 220. The molecule has 0 heterocycles. The van der Waals surface area contributed by atoms with Crippen LogP contribution >= 0.6 is 0 Å². The summed E-state index contributed by atoms with van der Waals surface area (Å²) < 4.78 is 0. The third kappa shape index (κ3) is 1.39. The zero-order valence-corrected chi connectivity index (χ0v) is 7.95. The lowest BCUT2D eigenvalue weighted by molar-refractivity contribution is -0.115. The standard InChI is InChI=1S/C9H16N2O2/c1-2-9(11-13)6-4-3-5-8(9,10)7-12/h7H,2-6,10H2,1H3/t8-,9?/m0/s1. The summed E-state index contributed by atoms with van der Waals surface area (Å²) in [6.45, 7) is 1.86. The van der Waals surface area contributed by atoms with Crippen molar-refractivity contribution in [2.45, 2.75) is 50.1 Å². The van der Waals surface area contributed by atoms with Crippen LogP contribution in [0.15, 0.2) is 5.18 Å². The Morgan fingerprint density at radius 1 is 1.46 bits per heavy atom. The highest BCUT2D eigenvalue weighted by Crippen LogP contribution is 2.39. The minimum Gasteiger partial charge on any atom is -0.317 e. The van der Waals surface area contributed by atoms with Crippen LogP contribution in [-0.2, 0) is 4.79 Å². The minimum absolute atomic E-state index is 0.547. The molecule has 13 heavy (non-hydrogen) atoms. The van der Waals surface area contributed by atoms with Crippen molar-refractivity contribution in [3.8, 4) is 0 Å². The van der Waals surface area contributed by atoms with Crippen molar-refractivity contribution < 1.29 is 4.79 Å². The van der Waals surface area contributed by atoms with E-state index in [2.05, 4.69) is 5.18 Å². The first-order valence-corrected chi connectivity index (χ1v) is 4.74. The van der Waals surface area contributed by atoms with Crippen molar-refractivity contribution in [2.75, 3.05) is 0 Å². The van der Waals surface area contributed by atoms with Gasteiger partial charge in [0, 0.05) is 0 Å². The monoisotopic (exact) mass is 184 g/mol. The summed E-state index contributed by atoms with van der Waals surface area (Å²) in [5.41, 5.74) is 4.02. The molecule has 0 aliphatic heterocycles. The predicted molar refractivity (Wildman–Crippen MR) is 50.3 cm³/mol. The molecular weight excluding hydrogens is 168 g/mol. The number of carbonyl (C=O) groups excluding carboxylic acids is 1. The molecule has 2 N–H and O–H groups in total. The fraction of sp³-hybridized carbons (Fsp3) is 0.889. The number of nitroso groups, excluding NO2 is 1. The summed E-state index contributed by atoms with van der Waals surface area (Å²) in [4.78, 5) is 21.7. The molecule has 0 aromatic heterocycles. The largest absolute Gasteiger partial charge is 0.317 e. The van der Waals surface area contributed by atoms with Gasteiger partial charge in [0.2, 0.25) is 0 Å². The lowest BCUT2D eigenvalue weighted by Crippen LogP contribution is -2.62. The van der Waals surface area contributed by atoms with Gasteiger partial charge in [0.1, 0.15) is 17.4 Å². The van der Waals surface area contributed by atoms with Crippen molar-refractivity contribution in [3.63, 3.8) is 0 Å². The molecule has 1 aliphatic rings. The van der Waals surface area contributed by atoms with Crippen molar-refractivity contribution in [1.82, 2.24) is 0 Å². The maximum absolute atomic E-state index is 10.9. The Hall–Kier alpha value is -0.770. The Morgan fingerprint density at radius 3 is 2.46 bits per heavy atom. The summed E-state index contributed by atoms with van der Waals surface area (Å²) in [6, 6.07) is 0. The number of hydrogen-bond acceptors (Lipinski definition) is 4. The number of carbonyl (C=O) groups is 1. The van der Waals surface area contributed by atoms with E-state index >= 15 is 0 Å². The average Bonchev–Trinajstić information content (AvgIpc) is 2.19. The van der Waals surface area contributed by atoms with E-state index in [1.165, 1.54) is 0 Å². The Labute approximate surface area is 77.8 Å². The van der Waals surface area contributed by atoms with E-state index in [1.807, 2.05) is 6.92 Å². The lowest BCUT2D eigenvalue weighted by atomic mass is 9.67. The normalized spacial score (nSPS) is 39.8. The van der Waals surface area contributed by atoms with Crippen molar-refractivity contribution >= 4 is 6.29 Å². The Balaban J connectivity index is 3.01. The summed E-state index contributed by atoms with van der Waals surface area (Å²) in [6.07, 6.45) is 4.32. The Kier molecular flexibility index (Phi) is 2.81. The van der Waals surface area contributed by atoms with E-state index in [9.17, 15) is 9.70 Å². The zero-order valence-electron chi connectivity index (χ0n) is 7.95. The molecule has 1 aliphatic carbocycles. The highest BCUT2D eigenvalue weighted by atomic mass is 16.3. The lowest BCUT2D eigenvalue weighted by Gasteiger charge is -2.42. The number of rotatable bonds is 3. The second-order valence-corrected chi connectivity index (χ2v) is 3.84. The van der Waals surface area contributed by atoms with Crippen LogP contribution in [0.3, 0.4) is 0 Å². The van der Waals surface area contributed by atoms with E-state index < -0.39 is 11.1 Å². The van der Waals surface area contributed by atoms with Gasteiger partial charge in [-0.2, -0.15) is 4.91 Å². The van der Waals surface area contributed by atoms with Gasteiger partial charge in [0.15, 0.2) is 0 Å². The van der Waals surface area contributed by atoms with Gasteiger partial charge in [-0.25, -0.2) is 0 Å². The van der Waals surface area contributed by atoms with Crippen LogP contribution in [0.25, 0.3) is 0 Å². The maximum atomic E-state index is 10.9. The van der Waals surface area contributed by atoms with Gasteiger partial charge in [-0.05, 0) is 19.3 Å². The van der Waals surface area contributed by atoms with E-state index in [0.717, 1.165) is 12.8 Å².